The van der Waals surface area contributed by atoms with E-state index in [1.807, 2.05) is 30.0 Å². The van der Waals surface area contributed by atoms with Crippen LogP contribution in [0.25, 0.3) is 0 Å². The van der Waals surface area contributed by atoms with E-state index in [-0.39, 0.29) is 11.9 Å². The first-order chi connectivity index (χ1) is 9.63. The molecule has 0 saturated carbocycles. The first kappa shape index (κ1) is 15.3. The van der Waals surface area contributed by atoms with Crippen LogP contribution in [-0.2, 0) is 0 Å². The molecule has 1 aliphatic heterocycles. The number of carbonyl (C=O) groups excluding carboxylic acids is 1. The molecule has 110 valence electrons. The number of rotatable bonds is 4. The topological polar surface area (TPSA) is 32.3 Å². The summed E-state index contributed by atoms with van der Waals surface area (Å²) in [5, 5.41) is 3.93. The summed E-state index contributed by atoms with van der Waals surface area (Å²) in [5.41, 5.74) is 1.70. The van der Waals surface area contributed by atoms with E-state index in [0.29, 0.717) is 10.6 Å². The zero-order valence-electron chi connectivity index (χ0n) is 12.3. The van der Waals surface area contributed by atoms with Crippen LogP contribution in [0.15, 0.2) is 18.2 Å². The predicted molar refractivity (Wildman–Crippen MR) is 83.4 cm³/mol. The van der Waals surface area contributed by atoms with Crippen molar-refractivity contribution in [2.45, 2.75) is 39.2 Å². The van der Waals surface area contributed by atoms with Gasteiger partial charge in [0.15, 0.2) is 0 Å². The average Bonchev–Trinajstić information content (AvgIpc) is 2.45. The fraction of sp³-hybridized carbons (Fsp3) is 0.562. The molecule has 3 nitrogen and oxygen atoms in total. The van der Waals surface area contributed by atoms with Crippen LogP contribution in [0.5, 0.6) is 0 Å². The summed E-state index contributed by atoms with van der Waals surface area (Å²) in [5.74, 6) is 0.0607. The van der Waals surface area contributed by atoms with Crippen molar-refractivity contribution in [1.29, 1.82) is 0 Å². The van der Waals surface area contributed by atoms with Gasteiger partial charge in [0, 0.05) is 19.1 Å². The second-order valence-corrected chi connectivity index (χ2v) is 5.89. The van der Waals surface area contributed by atoms with Crippen molar-refractivity contribution in [3.63, 3.8) is 0 Å². The molecule has 1 N–H and O–H groups in total. The summed E-state index contributed by atoms with van der Waals surface area (Å²) in [6.45, 7) is 6.81. The number of nitrogens with one attached hydrogen (secondary N) is 1. The molecular formula is C16H23ClN2O. The standard InChI is InChI=1S/C16H23ClN2O/c1-3-9-19(13-5-4-8-18-11-13)16(20)14-7-6-12(2)10-15(14)17/h6-7,10,13,18H,3-5,8-9,11H2,1-2H3. The third-order valence-corrected chi connectivity index (χ3v) is 4.10. The van der Waals surface area contributed by atoms with E-state index >= 15 is 0 Å². The summed E-state index contributed by atoms with van der Waals surface area (Å²) in [6.07, 6.45) is 3.16. The summed E-state index contributed by atoms with van der Waals surface area (Å²) in [6, 6.07) is 5.94. The largest absolute Gasteiger partial charge is 0.334 e. The van der Waals surface area contributed by atoms with Crippen LogP contribution < -0.4 is 5.32 Å². The highest BCUT2D eigenvalue weighted by atomic mass is 35.5. The van der Waals surface area contributed by atoms with E-state index in [4.69, 9.17) is 11.6 Å². The van der Waals surface area contributed by atoms with Crippen LogP contribution in [-0.4, -0.2) is 36.5 Å². The molecule has 1 unspecified atom stereocenters. The van der Waals surface area contributed by atoms with Crippen molar-refractivity contribution in [3.8, 4) is 0 Å². The number of hydrogen-bond acceptors (Lipinski definition) is 2. The number of nitrogens with zero attached hydrogens (tertiary/aromatic N) is 1. The number of halogens is 1. The van der Waals surface area contributed by atoms with Gasteiger partial charge in [0.2, 0.25) is 0 Å². The Morgan fingerprint density at radius 3 is 2.90 bits per heavy atom. The fourth-order valence-electron chi connectivity index (χ4n) is 2.74. The SMILES string of the molecule is CCCN(C(=O)c1ccc(C)cc1Cl)C1CCCNC1. The minimum atomic E-state index is 0.0607. The van der Waals surface area contributed by atoms with Gasteiger partial charge in [-0.2, -0.15) is 0 Å². The second kappa shape index (κ2) is 7.09. The maximum Gasteiger partial charge on any atom is 0.255 e. The molecule has 1 atom stereocenters. The minimum Gasteiger partial charge on any atom is -0.334 e. The van der Waals surface area contributed by atoms with Crippen LogP contribution in [0.3, 0.4) is 0 Å². The quantitative estimate of drug-likeness (QED) is 0.924. The Morgan fingerprint density at radius 1 is 1.50 bits per heavy atom. The maximum atomic E-state index is 12.8. The Balaban J connectivity index is 2.21. The van der Waals surface area contributed by atoms with Crippen LogP contribution in [0, 0.1) is 6.92 Å². The number of amides is 1. The van der Waals surface area contributed by atoms with E-state index in [9.17, 15) is 4.79 Å². The summed E-state index contributed by atoms with van der Waals surface area (Å²) in [4.78, 5) is 14.8. The number of carbonyl (C=O) groups is 1. The molecule has 0 radical (unpaired) electrons. The third kappa shape index (κ3) is 3.53. The molecular weight excluding hydrogens is 272 g/mol. The van der Waals surface area contributed by atoms with E-state index < -0.39 is 0 Å². The van der Waals surface area contributed by atoms with Gasteiger partial charge in [0.25, 0.3) is 5.91 Å². The first-order valence-corrected chi connectivity index (χ1v) is 7.79. The van der Waals surface area contributed by atoms with E-state index in [1.54, 1.807) is 0 Å². The summed E-state index contributed by atoms with van der Waals surface area (Å²) in [7, 11) is 0. The molecule has 20 heavy (non-hydrogen) atoms. The lowest BCUT2D eigenvalue weighted by atomic mass is 10.0. The Labute approximate surface area is 126 Å². The molecule has 0 aromatic heterocycles. The predicted octanol–water partition coefficient (Wildman–Crippen LogP) is 3.25. The van der Waals surface area contributed by atoms with Crippen molar-refractivity contribution in [1.82, 2.24) is 10.2 Å². The average molecular weight is 295 g/mol. The van der Waals surface area contributed by atoms with Crippen LogP contribution in [0.4, 0.5) is 0 Å². The number of hydrogen-bond donors (Lipinski definition) is 1. The van der Waals surface area contributed by atoms with Gasteiger partial charge in [-0.3, -0.25) is 4.79 Å². The molecule has 4 heteroatoms. The monoisotopic (exact) mass is 294 g/mol. The normalized spacial score (nSPS) is 18.9. The van der Waals surface area contributed by atoms with Crippen molar-refractivity contribution in [2.75, 3.05) is 19.6 Å². The number of benzene rings is 1. The molecule has 1 saturated heterocycles. The zero-order chi connectivity index (χ0) is 14.5. The van der Waals surface area contributed by atoms with Gasteiger partial charge in [-0.1, -0.05) is 24.6 Å². The lowest BCUT2D eigenvalue weighted by molar-refractivity contribution is 0.0649. The molecule has 1 fully saturated rings. The second-order valence-electron chi connectivity index (χ2n) is 5.48. The van der Waals surface area contributed by atoms with E-state index in [1.165, 1.54) is 0 Å². The van der Waals surface area contributed by atoms with Crippen molar-refractivity contribution in [2.24, 2.45) is 0 Å². The van der Waals surface area contributed by atoms with Gasteiger partial charge in [-0.05, 0) is 50.4 Å². The minimum absolute atomic E-state index is 0.0607. The van der Waals surface area contributed by atoms with Crippen LogP contribution >= 0.6 is 11.6 Å². The van der Waals surface area contributed by atoms with Crippen LogP contribution in [0.2, 0.25) is 5.02 Å². The molecule has 1 aromatic carbocycles. The van der Waals surface area contributed by atoms with Gasteiger partial charge in [0.1, 0.15) is 0 Å². The Morgan fingerprint density at radius 2 is 2.30 bits per heavy atom. The Bertz CT molecular complexity index is 470. The lowest BCUT2D eigenvalue weighted by Gasteiger charge is -2.35. The van der Waals surface area contributed by atoms with E-state index in [2.05, 4.69) is 12.2 Å². The van der Waals surface area contributed by atoms with Crippen LogP contribution in [0.1, 0.15) is 42.1 Å². The van der Waals surface area contributed by atoms with Crippen molar-refractivity contribution >= 4 is 17.5 Å². The fourth-order valence-corrected chi connectivity index (χ4v) is 3.05. The van der Waals surface area contributed by atoms with E-state index in [0.717, 1.165) is 44.5 Å². The smallest absolute Gasteiger partial charge is 0.255 e. The van der Waals surface area contributed by atoms with Gasteiger partial charge in [-0.15, -0.1) is 0 Å². The highest BCUT2D eigenvalue weighted by molar-refractivity contribution is 6.33. The van der Waals surface area contributed by atoms with Crippen molar-refractivity contribution in [3.05, 3.63) is 34.3 Å². The molecule has 2 rings (SSSR count). The zero-order valence-corrected chi connectivity index (χ0v) is 13.0. The molecule has 1 heterocycles. The maximum absolute atomic E-state index is 12.8. The molecule has 1 aliphatic rings. The Hall–Kier alpha value is -1.06. The molecule has 0 bridgehead atoms. The molecule has 0 spiro atoms. The highest BCUT2D eigenvalue weighted by Crippen LogP contribution is 2.22. The third-order valence-electron chi connectivity index (χ3n) is 3.79. The summed E-state index contributed by atoms with van der Waals surface area (Å²) >= 11 is 6.24. The highest BCUT2D eigenvalue weighted by Gasteiger charge is 2.26. The number of piperidine rings is 1. The van der Waals surface area contributed by atoms with Gasteiger partial charge < -0.3 is 10.2 Å². The Kier molecular flexibility index (Phi) is 5.44. The molecule has 0 aliphatic carbocycles. The van der Waals surface area contributed by atoms with Gasteiger partial charge >= 0.3 is 0 Å². The molecule has 1 amide bonds. The van der Waals surface area contributed by atoms with Gasteiger partial charge in [0.05, 0.1) is 10.6 Å². The summed E-state index contributed by atoms with van der Waals surface area (Å²) < 4.78 is 0. The lowest BCUT2D eigenvalue weighted by Crippen LogP contribution is -2.49. The van der Waals surface area contributed by atoms with Gasteiger partial charge in [-0.25, -0.2) is 0 Å². The molecule has 1 aromatic rings. The number of aryl methyl sites for hydroxylation is 1. The van der Waals surface area contributed by atoms with Crippen molar-refractivity contribution < 1.29 is 4.79 Å². The first-order valence-electron chi connectivity index (χ1n) is 7.41.